The summed E-state index contributed by atoms with van der Waals surface area (Å²) in [6.07, 6.45) is -0.920. The van der Waals surface area contributed by atoms with Gasteiger partial charge in [-0.1, -0.05) is 11.6 Å². The highest BCUT2D eigenvalue weighted by Gasteiger charge is 2.40. The molecule has 0 radical (unpaired) electrons. The van der Waals surface area contributed by atoms with Crippen LogP contribution in [0, 0.1) is 0 Å². The first-order valence-corrected chi connectivity index (χ1v) is 9.62. The Morgan fingerprint density at radius 3 is 2.38 bits per heavy atom. The van der Waals surface area contributed by atoms with Crippen molar-refractivity contribution in [2.75, 3.05) is 19.6 Å². The predicted octanol–water partition coefficient (Wildman–Crippen LogP) is 3.68. The van der Waals surface area contributed by atoms with Crippen LogP contribution in [0.25, 0.3) is 5.69 Å². The quantitative estimate of drug-likeness (QED) is 0.790. The molecule has 2 amide bonds. The maximum atomic E-state index is 13.6. The van der Waals surface area contributed by atoms with Crippen molar-refractivity contribution in [3.8, 4) is 5.69 Å². The standard InChI is InChI=1S/C19H20ClF3N4O2/c20-13-4-6-14(7-5-13)27-17(19(21,22)23)15(12-25-27)18(29)24-9-8-16(28)26-10-2-1-3-11-26/h4-7,12H,1-3,8-11H2,(H,24,29). The van der Waals surface area contributed by atoms with Crippen LogP contribution in [0.3, 0.4) is 0 Å². The van der Waals surface area contributed by atoms with Gasteiger partial charge in [-0.05, 0) is 43.5 Å². The first-order valence-electron chi connectivity index (χ1n) is 9.24. The van der Waals surface area contributed by atoms with Crippen molar-refractivity contribution in [3.63, 3.8) is 0 Å². The lowest BCUT2D eigenvalue weighted by molar-refractivity contribution is -0.143. The summed E-state index contributed by atoms with van der Waals surface area (Å²) in [5.41, 5.74) is -1.65. The van der Waals surface area contributed by atoms with Gasteiger partial charge in [-0.25, -0.2) is 4.68 Å². The molecule has 6 nitrogen and oxygen atoms in total. The van der Waals surface area contributed by atoms with E-state index in [0.717, 1.165) is 25.5 Å². The number of carbonyl (C=O) groups excluding carboxylic acids is 2. The Morgan fingerprint density at radius 2 is 1.76 bits per heavy atom. The number of rotatable bonds is 5. The number of hydrogen-bond donors (Lipinski definition) is 1. The molecule has 1 aromatic carbocycles. The molecule has 1 saturated heterocycles. The second kappa shape index (κ2) is 8.86. The zero-order chi connectivity index (χ0) is 21.0. The van der Waals surface area contributed by atoms with Gasteiger partial charge >= 0.3 is 6.18 Å². The molecule has 0 atom stereocenters. The third kappa shape index (κ3) is 5.09. The molecule has 0 bridgehead atoms. The van der Waals surface area contributed by atoms with E-state index in [1.165, 1.54) is 24.3 Å². The average molecular weight is 429 g/mol. The van der Waals surface area contributed by atoms with Crippen LogP contribution in [0.4, 0.5) is 13.2 Å². The minimum atomic E-state index is -4.80. The van der Waals surface area contributed by atoms with E-state index < -0.39 is 23.3 Å². The van der Waals surface area contributed by atoms with Gasteiger partial charge in [-0.15, -0.1) is 0 Å². The van der Waals surface area contributed by atoms with Gasteiger partial charge in [0.25, 0.3) is 5.91 Å². The van der Waals surface area contributed by atoms with Gasteiger partial charge in [0, 0.05) is 31.1 Å². The van der Waals surface area contributed by atoms with Crippen molar-refractivity contribution in [1.29, 1.82) is 0 Å². The molecule has 1 aliphatic heterocycles. The summed E-state index contributed by atoms with van der Waals surface area (Å²) in [5, 5.41) is 6.50. The number of nitrogens with one attached hydrogen (secondary N) is 1. The van der Waals surface area contributed by atoms with Gasteiger partial charge in [0.2, 0.25) is 5.91 Å². The van der Waals surface area contributed by atoms with Crippen LogP contribution in [-0.2, 0) is 11.0 Å². The Bertz CT molecular complexity index is 875. The Hall–Kier alpha value is -2.55. The van der Waals surface area contributed by atoms with E-state index >= 15 is 0 Å². The van der Waals surface area contributed by atoms with E-state index in [9.17, 15) is 22.8 Å². The Labute approximate surface area is 170 Å². The first-order chi connectivity index (χ1) is 13.8. The van der Waals surface area contributed by atoms with E-state index in [-0.39, 0.29) is 24.6 Å². The number of amides is 2. The second-order valence-corrected chi connectivity index (χ2v) is 7.18. The molecule has 29 heavy (non-hydrogen) atoms. The number of nitrogens with zero attached hydrogens (tertiary/aromatic N) is 3. The molecular formula is C19H20ClF3N4O2. The molecule has 1 aromatic heterocycles. The third-order valence-electron chi connectivity index (χ3n) is 4.69. The molecule has 1 aliphatic rings. The number of piperidine rings is 1. The molecule has 0 aliphatic carbocycles. The van der Waals surface area contributed by atoms with Crippen LogP contribution in [0.5, 0.6) is 0 Å². The lowest BCUT2D eigenvalue weighted by atomic mass is 10.1. The lowest BCUT2D eigenvalue weighted by Gasteiger charge is -2.26. The van der Waals surface area contributed by atoms with Gasteiger partial charge in [0.15, 0.2) is 5.69 Å². The first kappa shape index (κ1) is 21.2. The number of aromatic nitrogens is 2. The molecule has 2 heterocycles. The van der Waals surface area contributed by atoms with Gasteiger partial charge < -0.3 is 10.2 Å². The van der Waals surface area contributed by atoms with Crippen LogP contribution >= 0.6 is 11.6 Å². The van der Waals surface area contributed by atoms with Crippen LogP contribution in [0.2, 0.25) is 5.02 Å². The van der Waals surface area contributed by atoms with Crippen LogP contribution in [0.1, 0.15) is 41.7 Å². The molecule has 0 spiro atoms. The van der Waals surface area contributed by atoms with Gasteiger partial charge in [0.05, 0.1) is 17.4 Å². The van der Waals surface area contributed by atoms with E-state index in [2.05, 4.69) is 10.4 Å². The van der Waals surface area contributed by atoms with Crippen molar-refractivity contribution in [2.45, 2.75) is 31.9 Å². The summed E-state index contributed by atoms with van der Waals surface area (Å²) in [4.78, 5) is 26.2. The maximum Gasteiger partial charge on any atom is 0.434 e. The minimum Gasteiger partial charge on any atom is -0.351 e. The van der Waals surface area contributed by atoms with Crippen LogP contribution in [0.15, 0.2) is 30.5 Å². The van der Waals surface area contributed by atoms with Gasteiger partial charge in [0.1, 0.15) is 0 Å². The number of likely N-dealkylation sites (tertiary alicyclic amines) is 1. The Kier molecular flexibility index (Phi) is 6.46. The normalized spacial score (nSPS) is 14.7. The fourth-order valence-corrected chi connectivity index (χ4v) is 3.37. The summed E-state index contributed by atoms with van der Waals surface area (Å²) in [5.74, 6) is -1.04. The highest BCUT2D eigenvalue weighted by Crippen LogP contribution is 2.33. The van der Waals surface area contributed by atoms with Crippen molar-refractivity contribution in [2.24, 2.45) is 0 Å². The van der Waals surface area contributed by atoms with E-state index in [1.807, 2.05) is 0 Å². The minimum absolute atomic E-state index is 0.0401. The molecule has 2 aromatic rings. The van der Waals surface area contributed by atoms with E-state index in [4.69, 9.17) is 11.6 Å². The SMILES string of the molecule is O=C(NCCC(=O)N1CCCCC1)c1cnn(-c2ccc(Cl)cc2)c1C(F)(F)F. The summed E-state index contributed by atoms with van der Waals surface area (Å²) >= 11 is 5.78. The average Bonchev–Trinajstić information content (AvgIpc) is 3.15. The molecule has 10 heteroatoms. The highest BCUT2D eigenvalue weighted by molar-refractivity contribution is 6.30. The number of carbonyl (C=O) groups is 2. The summed E-state index contributed by atoms with van der Waals surface area (Å²) < 4.78 is 41.6. The van der Waals surface area contributed by atoms with Crippen molar-refractivity contribution in [1.82, 2.24) is 20.0 Å². The smallest absolute Gasteiger partial charge is 0.351 e. The van der Waals surface area contributed by atoms with Crippen molar-refractivity contribution < 1.29 is 22.8 Å². The van der Waals surface area contributed by atoms with Crippen LogP contribution < -0.4 is 5.32 Å². The number of hydrogen-bond acceptors (Lipinski definition) is 3. The Balaban J connectivity index is 1.71. The zero-order valence-corrected chi connectivity index (χ0v) is 16.3. The van der Waals surface area contributed by atoms with E-state index in [1.54, 1.807) is 4.90 Å². The topological polar surface area (TPSA) is 67.2 Å². The van der Waals surface area contributed by atoms with Crippen molar-refractivity contribution in [3.05, 3.63) is 46.7 Å². The zero-order valence-electron chi connectivity index (χ0n) is 15.5. The lowest BCUT2D eigenvalue weighted by Crippen LogP contribution is -2.38. The summed E-state index contributed by atoms with van der Waals surface area (Å²) in [7, 11) is 0. The summed E-state index contributed by atoms with van der Waals surface area (Å²) in [6, 6.07) is 5.63. The molecular weight excluding hydrogens is 409 g/mol. The molecule has 1 N–H and O–H groups in total. The van der Waals surface area contributed by atoms with E-state index in [0.29, 0.717) is 22.8 Å². The Morgan fingerprint density at radius 1 is 1.10 bits per heavy atom. The van der Waals surface area contributed by atoms with Crippen LogP contribution in [-0.4, -0.2) is 46.1 Å². The number of benzene rings is 1. The highest BCUT2D eigenvalue weighted by atomic mass is 35.5. The predicted molar refractivity (Wildman–Crippen MR) is 101 cm³/mol. The molecule has 3 rings (SSSR count). The second-order valence-electron chi connectivity index (χ2n) is 6.74. The van der Waals surface area contributed by atoms with Gasteiger partial charge in [-0.3, -0.25) is 9.59 Å². The third-order valence-corrected chi connectivity index (χ3v) is 4.94. The van der Waals surface area contributed by atoms with Gasteiger partial charge in [-0.2, -0.15) is 18.3 Å². The fraction of sp³-hybridized carbons (Fsp3) is 0.421. The monoisotopic (exact) mass is 428 g/mol. The fourth-order valence-electron chi connectivity index (χ4n) is 3.25. The molecule has 0 unspecified atom stereocenters. The molecule has 156 valence electrons. The number of halogens is 4. The van der Waals surface area contributed by atoms with Crippen molar-refractivity contribution >= 4 is 23.4 Å². The largest absolute Gasteiger partial charge is 0.434 e. The number of alkyl halides is 3. The summed E-state index contributed by atoms with van der Waals surface area (Å²) in [6.45, 7) is 1.31. The molecule has 1 fully saturated rings. The molecule has 0 saturated carbocycles. The maximum absolute atomic E-state index is 13.6.